The normalized spacial score (nSPS) is 12.0. The van der Waals surface area contributed by atoms with Crippen LogP contribution in [0.1, 0.15) is 40.5 Å². The molecule has 1 rings (SSSR count). The SMILES string of the molecule is CCNC(=NCC(O)(CC)CC)Nc1ccc(OC)c(OCC)c1. The van der Waals surface area contributed by atoms with E-state index >= 15 is 0 Å². The molecule has 0 atom stereocenters. The van der Waals surface area contributed by atoms with Crippen LogP contribution in [0.2, 0.25) is 0 Å². The first kappa shape index (κ1) is 20.1. The highest BCUT2D eigenvalue weighted by Gasteiger charge is 2.21. The van der Waals surface area contributed by atoms with Crippen molar-refractivity contribution in [2.75, 3.05) is 32.1 Å². The zero-order chi connectivity index (χ0) is 18.0. The van der Waals surface area contributed by atoms with Crippen LogP contribution in [0.4, 0.5) is 5.69 Å². The van der Waals surface area contributed by atoms with Gasteiger partial charge in [0, 0.05) is 18.3 Å². The maximum Gasteiger partial charge on any atom is 0.195 e. The molecule has 0 aliphatic carbocycles. The van der Waals surface area contributed by atoms with Crippen molar-refractivity contribution in [2.45, 2.75) is 46.1 Å². The van der Waals surface area contributed by atoms with Gasteiger partial charge in [-0.15, -0.1) is 0 Å². The van der Waals surface area contributed by atoms with E-state index in [4.69, 9.17) is 9.47 Å². The number of anilines is 1. The van der Waals surface area contributed by atoms with Crippen molar-refractivity contribution in [3.8, 4) is 11.5 Å². The Kier molecular flexibility index (Phi) is 8.40. The third-order valence-corrected chi connectivity index (χ3v) is 3.92. The van der Waals surface area contributed by atoms with E-state index in [9.17, 15) is 5.11 Å². The van der Waals surface area contributed by atoms with Gasteiger partial charge in [-0.2, -0.15) is 0 Å². The maximum absolute atomic E-state index is 10.4. The summed E-state index contributed by atoms with van der Waals surface area (Å²) in [5.74, 6) is 2.00. The van der Waals surface area contributed by atoms with Gasteiger partial charge in [-0.1, -0.05) is 13.8 Å². The number of rotatable bonds is 9. The number of hydrogen-bond acceptors (Lipinski definition) is 4. The topological polar surface area (TPSA) is 75.1 Å². The third-order valence-electron chi connectivity index (χ3n) is 3.92. The molecular formula is C18H31N3O3. The van der Waals surface area contributed by atoms with E-state index in [0.29, 0.717) is 43.5 Å². The molecular weight excluding hydrogens is 306 g/mol. The van der Waals surface area contributed by atoms with Gasteiger partial charge in [0.1, 0.15) is 0 Å². The summed E-state index contributed by atoms with van der Waals surface area (Å²) in [7, 11) is 1.62. The molecule has 0 unspecified atom stereocenters. The van der Waals surface area contributed by atoms with Crippen LogP contribution >= 0.6 is 0 Å². The van der Waals surface area contributed by atoms with Gasteiger partial charge < -0.3 is 25.2 Å². The van der Waals surface area contributed by atoms with Gasteiger partial charge in [-0.3, -0.25) is 4.99 Å². The Balaban J connectivity index is 2.93. The van der Waals surface area contributed by atoms with Gasteiger partial charge in [0.05, 0.1) is 25.9 Å². The smallest absolute Gasteiger partial charge is 0.195 e. The van der Waals surface area contributed by atoms with Crippen molar-refractivity contribution in [2.24, 2.45) is 4.99 Å². The van der Waals surface area contributed by atoms with Crippen LogP contribution in [0.3, 0.4) is 0 Å². The molecule has 6 nitrogen and oxygen atoms in total. The van der Waals surface area contributed by atoms with Crippen LogP contribution in [0.15, 0.2) is 23.2 Å². The molecule has 136 valence electrons. The van der Waals surface area contributed by atoms with Gasteiger partial charge >= 0.3 is 0 Å². The standard InChI is InChI=1S/C18H31N3O3/c1-6-18(22,7-2)13-20-17(19-8-3)21-14-10-11-15(23-5)16(12-14)24-9-4/h10-12,22H,6-9,13H2,1-5H3,(H2,19,20,21). The molecule has 0 fully saturated rings. The second kappa shape index (κ2) is 10.0. The quantitative estimate of drug-likeness (QED) is 0.477. The lowest BCUT2D eigenvalue weighted by Crippen LogP contribution is -2.35. The van der Waals surface area contributed by atoms with Crippen LogP contribution in [-0.4, -0.2) is 43.5 Å². The molecule has 6 heteroatoms. The van der Waals surface area contributed by atoms with E-state index in [1.165, 1.54) is 0 Å². The first-order valence-electron chi connectivity index (χ1n) is 8.60. The fraction of sp³-hybridized carbons (Fsp3) is 0.611. The molecule has 1 aromatic carbocycles. The Labute approximate surface area is 145 Å². The van der Waals surface area contributed by atoms with Gasteiger partial charge in [0.2, 0.25) is 0 Å². The van der Waals surface area contributed by atoms with E-state index < -0.39 is 5.60 Å². The van der Waals surface area contributed by atoms with Crippen LogP contribution in [0.25, 0.3) is 0 Å². The number of nitrogens with one attached hydrogen (secondary N) is 2. The minimum absolute atomic E-state index is 0.351. The summed E-state index contributed by atoms with van der Waals surface area (Å²) in [6, 6.07) is 5.63. The first-order valence-corrected chi connectivity index (χ1v) is 8.60. The Morgan fingerprint density at radius 1 is 1.17 bits per heavy atom. The monoisotopic (exact) mass is 337 g/mol. The summed E-state index contributed by atoms with van der Waals surface area (Å²) in [5, 5.41) is 16.8. The number of aliphatic imine (C=N–C) groups is 1. The zero-order valence-electron chi connectivity index (χ0n) is 15.5. The van der Waals surface area contributed by atoms with Gasteiger partial charge in [0.25, 0.3) is 0 Å². The van der Waals surface area contributed by atoms with Crippen molar-refractivity contribution >= 4 is 11.6 Å². The second-order valence-electron chi connectivity index (χ2n) is 5.55. The highest BCUT2D eigenvalue weighted by molar-refractivity contribution is 5.94. The average molecular weight is 337 g/mol. The van der Waals surface area contributed by atoms with E-state index in [0.717, 1.165) is 12.2 Å². The van der Waals surface area contributed by atoms with E-state index in [-0.39, 0.29) is 0 Å². The fourth-order valence-electron chi connectivity index (χ4n) is 2.17. The molecule has 0 amide bonds. The minimum Gasteiger partial charge on any atom is -0.493 e. The summed E-state index contributed by atoms with van der Waals surface area (Å²) >= 11 is 0. The molecule has 24 heavy (non-hydrogen) atoms. The summed E-state index contributed by atoms with van der Waals surface area (Å²) in [4.78, 5) is 4.51. The number of aliphatic hydroxyl groups is 1. The predicted molar refractivity (Wildman–Crippen MR) is 99.3 cm³/mol. The van der Waals surface area contributed by atoms with Crippen LogP contribution in [-0.2, 0) is 0 Å². The van der Waals surface area contributed by atoms with Crippen LogP contribution in [0, 0.1) is 0 Å². The molecule has 0 aliphatic rings. The van der Waals surface area contributed by atoms with Gasteiger partial charge in [0.15, 0.2) is 17.5 Å². The Morgan fingerprint density at radius 3 is 2.42 bits per heavy atom. The molecule has 1 aromatic rings. The van der Waals surface area contributed by atoms with Crippen molar-refractivity contribution in [3.05, 3.63) is 18.2 Å². The third kappa shape index (κ3) is 5.92. The highest BCUT2D eigenvalue weighted by Crippen LogP contribution is 2.30. The van der Waals surface area contributed by atoms with Gasteiger partial charge in [-0.25, -0.2) is 0 Å². The zero-order valence-corrected chi connectivity index (χ0v) is 15.5. The van der Waals surface area contributed by atoms with Crippen molar-refractivity contribution in [1.82, 2.24) is 5.32 Å². The predicted octanol–water partition coefficient (Wildman–Crippen LogP) is 3.02. The molecule has 0 spiro atoms. The molecule has 0 radical (unpaired) electrons. The lowest BCUT2D eigenvalue weighted by Gasteiger charge is -2.23. The lowest BCUT2D eigenvalue weighted by molar-refractivity contribution is 0.0419. The number of guanidine groups is 1. The summed E-state index contributed by atoms with van der Waals surface area (Å²) in [6.07, 6.45) is 1.34. The van der Waals surface area contributed by atoms with Crippen molar-refractivity contribution < 1.29 is 14.6 Å². The Bertz CT molecular complexity index is 528. The summed E-state index contributed by atoms with van der Waals surface area (Å²) in [5.41, 5.74) is 0.0779. The summed E-state index contributed by atoms with van der Waals surface area (Å²) in [6.45, 7) is 9.52. The van der Waals surface area contributed by atoms with E-state index in [1.807, 2.05) is 45.9 Å². The molecule has 3 N–H and O–H groups in total. The largest absolute Gasteiger partial charge is 0.493 e. The molecule has 0 aliphatic heterocycles. The average Bonchev–Trinajstić information content (AvgIpc) is 2.60. The summed E-state index contributed by atoms with van der Waals surface area (Å²) < 4.78 is 10.9. The van der Waals surface area contributed by atoms with Crippen LogP contribution in [0.5, 0.6) is 11.5 Å². The van der Waals surface area contributed by atoms with Gasteiger partial charge in [-0.05, 0) is 38.8 Å². The van der Waals surface area contributed by atoms with Crippen molar-refractivity contribution in [3.63, 3.8) is 0 Å². The maximum atomic E-state index is 10.4. The first-order chi connectivity index (χ1) is 11.5. The molecule has 0 saturated carbocycles. The number of methoxy groups -OCH3 is 1. The number of benzene rings is 1. The Hall–Kier alpha value is -1.95. The molecule has 0 heterocycles. The fourth-order valence-corrected chi connectivity index (χ4v) is 2.17. The number of hydrogen-bond donors (Lipinski definition) is 3. The Morgan fingerprint density at radius 2 is 1.88 bits per heavy atom. The van der Waals surface area contributed by atoms with Crippen LogP contribution < -0.4 is 20.1 Å². The number of ether oxygens (including phenoxy) is 2. The van der Waals surface area contributed by atoms with Crippen molar-refractivity contribution in [1.29, 1.82) is 0 Å². The molecule has 0 saturated heterocycles. The minimum atomic E-state index is -0.765. The van der Waals surface area contributed by atoms with E-state index in [1.54, 1.807) is 7.11 Å². The van der Waals surface area contributed by atoms with E-state index in [2.05, 4.69) is 15.6 Å². The highest BCUT2D eigenvalue weighted by atomic mass is 16.5. The number of nitrogens with zero attached hydrogens (tertiary/aromatic N) is 1. The molecule has 0 aromatic heterocycles. The second-order valence-corrected chi connectivity index (χ2v) is 5.55. The molecule has 0 bridgehead atoms. The lowest BCUT2D eigenvalue weighted by atomic mass is 9.98.